The van der Waals surface area contributed by atoms with E-state index in [0.29, 0.717) is 19.4 Å². The van der Waals surface area contributed by atoms with Crippen molar-refractivity contribution in [2.24, 2.45) is 0 Å². The second kappa shape index (κ2) is 12.4. The number of rotatable bonds is 10. The van der Waals surface area contributed by atoms with Crippen LogP contribution >= 0.6 is 0 Å². The van der Waals surface area contributed by atoms with E-state index in [1.54, 1.807) is 24.3 Å². The van der Waals surface area contributed by atoms with Crippen molar-refractivity contribution >= 4 is 33.8 Å². The van der Waals surface area contributed by atoms with Gasteiger partial charge in [0.05, 0.1) is 24.2 Å². The minimum Gasteiger partial charge on any atom is -0.493 e. The van der Waals surface area contributed by atoms with Crippen LogP contribution in [0.15, 0.2) is 109 Å². The Kier molecular flexibility index (Phi) is 8.02. The maximum atomic E-state index is 12.0. The third-order valence-electron chi connectivity index (χ3n) is 7.87. The number of para-hydroxylation sites is 1. The number of aryl methyl sites for hydroxylation is 2. The molecule has 6 rings (SSSR count). The van der Waals surface area contributed by atoms with Crippen LogP contribution in [0.1, 0.15) is 33.5 Å². The predicted molar refractivity (Wildman–Crippen MR) is 171 cm³/mol. The molecule has 0 radical (unpaired) electrons. The molecule has 0 amide bonds. The molecule has 0 bridgehead atoms. The van der Waals surface area contributed by atoms with Crippen molar-refractivity contribution in [3.63, 3.8) is 0 Å². The van der Waals surface area contributed by atoms with Crippen molar-refractivity contribution in [3.05, 3.63) is 131 Å². The van der Waals surface area contributed by atoms with Gasteiger partial charge in [0.15, 0.2) is 0 Å². The standard InChI is InChI=1S/C37H31NO6/c1-24-9-2-4-12-28(24)30-14-7-15-31-32(16-8-22-43-33-17-6-11-26-10-3-5-13-29(26)33)35(44-37(41)42)38(34(30)31)23-25-18-20-27(21-19-25)36(39)40/h2-7,9-15,17-21H,8,16,22-23H2,1H3,(H,39,40)(H,41,42). The Morgan fingerprint density at radius 3 is 2.20 bits per heavy atom. The number of nitrogens with zero attached hydrogens (tertiary/aromatic N) is 1. The Balaban J connectivity index is 1.41. The third-order valence-corrected chi connectivity index (χ3v) is 7.87. The van der Waals surface area contributed by atoms with E-state index in [4.69, 9.17) is 9.47 Å². The fourth-order valence-corrected chi connectivity index (χ4v) is 5.83. The molecule has 0 spiro atoms. The van der Waals surface area contributed by atoms with Crippen LogP contribution in [0.25, 0.3) is 32.8 Å². The molecule has 44 heavy (non-hydrogen) atoms. The van der Waals surface area contributed by atoms with Gasteiger partial charge in [-0.3, -0.25) is 0 Å². The topological polar surface area (TPSA) is 98.0 Å². The van der Waals surface area contributed by atoms with E-state index in [1.807, 2.05) is 90.4 Å². The zero-order valence-electron chi connectivity index (χ0n) is 24.2. The van der Waals surface area contributed by atoms with Crippen LogP contribution in [0.4, 0.5) is 4.79 Å². The minimum atomic E-state index is -1.40. The van der Waals surface area contributed by atoms with Crippen LogP contribution in [-0.2, 0) is 13.0 Å². The molecule has 0 unspecified atom stereocenters. The zero-order chi connectivity index (χ0) is 30.6. The molecule has 0 aliphatic carbocycles. The monoisotopic (exact) mass is 585 g/mol. The molecule has 6 aromatic rings. The second-order valence-electron chi connectivity index (χ2n) is 10.7. The Morgan fingerprint density at radius 1 is 0.750 bits per heavy atom. The molecular formula is C37H31NO6. The van der Waals surface area contributed by atoms with Gasteiger partial charge in [0, 0.05) is 21.9 Å². The lowest BCUT2D eigenvalue weighted by molar-refractivity contribution is 0.0696. The van der Waals surface area contributed by atoms with Gasteiger partial charge in [-0.25, -0.2) is 9.59 Å². The summed E-state index contributed by atoms with van der Waals surface area (Å²) in [4.78, 5) is 23.5. The zero-order valence-corrected chi connectivity index (χ0v) is 24.2. The first kappa shape index (κ1) is 28.6. The van der Waals surface area contributed by atoms with Gasteiger partial charge >= 0.3 is 12.1 Å². The number of aromatic carboxylic acids is 1. The number of ether oxygens (including phenoxy) is 2. The molecule has 0 atom stereocenters. The van der Waals surface area contributed by atoms with E-state index in [1.165, 1.54) is 0 Å². The van der Waals surface area contributed by atoms with Gasteiger partial charge in [-0.05, 0) is 60.0 Å². The molecule has 1 aromatic heterocycles. The Bertz CT molecular complexity index is 1980. The smallest absolute Gasteiger partial charge is 0.493 e. The molecule has 0 saturated carbocycles. The summed E-state index contributed by atoms with van der Waals surface area (Å²) in [5, 5.41) is 22.2. The van der Waals surface area contributed by atoms with Gasteiger partial charge in [-0.2, -0.15) is 0 Å². The lowest BCUT2D eigenvalue weighted by Gasteiger charge is -2.14. The van der Waals surface area contributed by atoms with Crippen molar-refractivity contribution in [1.82, 2.24) is 4.57 Å². The Hall–Kier alpha value is -5.56. The number of fused-ring (bicyclic) bond motifs is 2. The number of hydrogen-bond acceptors (Lipinski definition) is 4. The van der Waals surface area contributed by atoms with Crippen LogP contribution in [0.2, 0.25) is 0 Å². The quantitative estimate of drug-likeness (QED) is 0.123. The number of carbonyl (C=O) groups is 2. The molecule has 7 heteroatoms. The molecule has 0 fully saturated rings. The lowest BCUT2D eigenvalue weighted by Crippen LogP contribution is -2.11. The first-order valence-corrected chi connectivity index (χ1v) is 14.4. The van der Waals surface area contributed by atoms with Crippen LogP contribution in [-0.4, -0.2) is 33.5 Å². The van der Waals surface area contributed by atoms with Crippen molar-refractivity contribution in [2.75, 3.05) is 6.61 Å². The van der Waals surface area contributed by atoms with E-state index in [-0.39, 0.29) is 18.0 Å². The average Bonchev–Trinajstić information content (AvgIpc) is 3.31. The van der Waals surface area contributed by atoms with Crippen molar-refractivity contribution in [1.29, 1.82) is 0 Å². The number of aromatic nitrogens is 1. The van der Waals surface area contributed by atoms with Gasteiger partial charge < -0.3 is 24.3 Å². The summed E-state index contributed by atoms with van der Waals surface area (Å²) in [7, 11) is 0. The highest BCUT2D eigenvalue weighted by molar-refractivity contribution is 5.99. The summed E-state index contributed by atoms with van der Waals surface area (Å²) in [6, 6.07) is 34.7. The summed E-state index contributed by atoms with van der Waals surface area (Å²) in [5.74, 6) is 0.0490. The van der Waals surface area contributed by atoms with E-state index < -0.39 is 12.1 Å². The average molecular weight is 586 g/mol. The Labute approximate surface area is 254 Å². The molecule has 7 nitrogen and oxygen atoms in total. The number of carboxylic acids is 1. The summed E-state index contributed by atoms with van der Waals surface area (Å²) in [6.07, 6.45) is -0.257. The first-order valence-electron chi connectivity index (χ1n) is 14.4. The normalized spacial score (nSPS) is 11.1. The maximum absolute atomic E-state index is 12.0. The molecule has 0 saturated heterocycles. The van der Waals surface area contributed by atoms with Crippen LogP contribution in [0.3, 0.4) is 0 Å². The van der Waals surface area contributed by atoms with E-state index in [9.17, 15) is 19.8 Å². The van der Waals surface area contributed by atoms with Crippen LogP contribution in [0.5, 0.6) is 11.6 Å². The number of benzene rings is 5. The highest BCUT2D eigenvalue weighted by Crippen LogP contribution is 2.40. The highest BCUT2D eigenvalue weighted by Gasteiger charge is 2.24. The maximum Gasteiger partial charge on any atom is 0.512 e. The van der Waals surface area contributed by atoms with Gasteiger partial charge in [-0.1, -0.05) is 91.0 Å². The van der Waals surface area contributed by atoms with E-state index >= 15 is 0 Å². The minimum absolute atomic E-state index is 0.181. The SMILES string of the molecule is Cc1ccccc1-c1cccc2c(CCCOc3cccc4ccccc34)c(OC(=O)O)n(Cc3ccc(C(=O)O)cc3)c12. The fraction of sp³-hybridized carbons (Fsp3) is 0.135. The molecule has 0 aliphatic rings. The van der Waals surface area contributed by atoms with E-state index in [2.05, 4.69) is 6.07 Å². The lowest BCUT2D eigenvalue weighted by atomic mass is 9.97. The summed E-state index contributed by atoms with van der Waals surface area (Å²) >= 11 is 0. The first-order chi connectivity index (χ1) is 21.4. The number of hydrogen-bond donors (Lipinski definition) is 2. The molecule has 2 N–H and O–H groups in total. The van der Waals surface area contributed by atoms with Gasteiger partial charge in [-0.15, -0.1) is 0 Å². The van der Waals surface area contributed by atoms with Crippen molar-refractivity contribution in [2.45, 2.75) is 26.3 Å². The predicted octanol–water partition coefficient (Wildman–Crippen LogP) is 8.58. The molecule has 1 heterocycles. The summed E-state index contributed by atoms with van der Waals surface area (Å²) in [6.45, 7) is 2.77. The summed E-state index contributed by atoms with van der Waals surface area (Å²) in [5.41, 5.74) is 5.70. The highest BCUT2D eigenvalue weighted by atomic mass is 16.7. The van der Waals surface area contributed by atoms with E-state index in [0.717, 1.165) is 55.2 Å². The van der Waals surface area contributed by atoms with Crippen LogP contribution in [0, 0.1) is 6.92 Å². The molecule has 0 aliphatic heterocycles. The summed E-state index contributed by atoms with van der Waals surface area (Å²) < 4.78 is 13.6. The largest absolute Gasteiger partial charge is 0.512 e. The van der Waals surface area contributed by atoms with Crippen molar-refractivity contribution < 1.29 is 29.3 Å². The number of carboxylic acid groups (broad SMARTS) is 2. The second-order valence-corrected chi connectivity index (χ2v) is 10.7. The van der Waals surface area contributed by atoms with Crippen LogP contribution < -0.4 is 9.47 Å². The van der Waals surface area contributed by atoms with Gasteiger partial charge in [0.1, 0.15) is 5.75 Å². The molecule has 220 valence electrons. The fourth-order valence-electron chi connectivity index (χ4n) is 5.83. The molecular weight excluding hydrogens is 554 g/mol. The third kappa shape index (κ3) is 5.72. The Morgan fingerprint density at radius 2 is 1.43 bits per heavy atom. The van der Waals surface area contributed by atoms with Gasteiger partial charge in [0.2, 0.25) is 5.88 Å². The molecule has 5 aromatic carbocycles. The van der Waals surface area contributed by atoms with Crippen molar-refractivity contribution in [3.8, 4) is 22.8 Å². The van der Waals surface area contributed by atoms with Gasteiger partial charge in [0.25, 0.3) is 0 Å².